The lowest BCUT2D eigenvalue weighted by atomic mass is 9.87. The van der Waals surface area contributed by atoms with E-state index in [-0.39, 0.29) is 11.5 Å². The predicted molar refractivity (Wildman–Crippen MR) is 182 cm³/mol. The third-order valence-corrected chi connectivity index (χ3v) is 8.11. The van der Waals surface area contributed by atoms with Gasteiger partial charge in [-0.1, -0.05) is 146 Å². The highest BCUT2D eigenvalue weighted by Gasteiger charge is 2.19. The maximum Gasteiger partial charge on any atom is 0.131 e. The Labute approximate surface area is 257 Å². The first kappa shape index (κ1) is 27.0. The molecule has 7 aromatic carbocycles. The number of phenolic OH excluding ortho intramolecular Hbond substituents is 2. The maximum atomic E-state index is 11.6. The van der Waals surface area contributed by atoms with Crippen LogP contribution in [0.4, 0.5) is 0 Å². The van der Waals surface area contributed by atoms with Crippen molar-refractivity contribution in [3.05, 3.63) is 170 Å². The average molecular weight is 567 g/mol. The van der Waals surface area contributed by atoms with Gasteiger partial charge < -0.3 is 10.2 Å². The number of rotatable bonds is 6. The number of aromatic hydroxyl groups is 2. The van der Waals surface area contributed by atoms with Crippen LogP contribution in [0.25, 0.3) is 66.8 Å². The Balaban J connectivity index is 1.48. The van der Waals surface area contributed by atoms with Gasteiger partial charge in [-0.3, -0.25) is 0 Å². The summed E-state index contributed by atoms with van der Waals surface area (Å²) >= 11 is 0. The fourth-order valence-corrected chi connectivity index (χ4v) is 5.92. The van der Waals surface area contributed by atoms with E-state index in [9.17, 15) is 10.2 Å². The summed E-state index contributed by atoms with van der Waals surface area (Å²) in [5.41, 5.74) is 10.9. The summed E-state index contributed by atoms with van der Waals surface area (Å²) in [5.74, 6) is 0.511. The minimum absolute atomic E-state index is 0.256. The van der Waals surface area contributed by atoms with Crippen LogP contribution in [-0.2, 0) is 0 Å². The fraction of sp³-hybridized carbons (Fsp3) is 0. The van der Waals surface area contributed by atoms with E-state index in [1.54, 1.807) is 0 Å². The molecule has 0 radical (unpaired) electrons. The van der Waals surface area contributed by atoms with E-state index in [1.807, 2.05) is 133 Å². The molecule has 0 heterocycles. The van der Waals surface area contributed by atoms with Gasteiger partial charge in [-0.05, 0) is 68.8 Å². The highest BCUT2D eigenvalue weighted by atomic mass is 16.3. The molecule has 2 nitrogen and oxygen atoms in total. The van der Waals surface area contributed by atoms with Crippen molar-refractivity contribution in [1.82, 2.24) is 0 Å². The van der Waals surface area contributed by atoms with Crippen LogP contribution in [0.15, 0.2) is 170 Å². The maximum absolute atomic E-state index is 11.6. The SMILES string of the molecule is Oc1c(-c2ccccc2)cc(-c2ccccc2-c2cc(-c3ccccc3)c(O)c(-c3ccccc3)c2)cc1-c1ccccc1. The van der Waals surface area contributed by atoms with Gasteiger partial charge in [0.2, 0.25) is 0 Å². The summed E-state index contributed by atoms with van der Waals surface area (Å²) in [4.78, 5) is 0. The third-order valence-electron chi connectivity index (χ3n) is 8.11. The predicted octanol–water partition coefficient (Wildman–Crippen LogP) is 11.1. The Hall–Kier alpha value is -5.86. The number of benzene rings is 7. The zero-order valence-corrected chi connectivity index (χ0v) is 24.1. The van der Waals surface area contributed by atoms with Gasteiger partial charge >= 0.3 is 0 Å². The normalized spacial score (nSPS) is 10.9. The zero-order valence-electron chi connectivity index (χ0n) is 24.1. The van der Waals surface area contributed by atoms with Crippen LogP contribution in [0.2, 0.25) is 0 Å². The summed E-state index contributed by atoms with van der Waals surface area (Å²) in [6.07, 6.45) is 0. The van der Waals surface area contributed by atoms with Gasteiger partial charge in [-0.2, -0.15) is 0 Å². The molecule has 0 aromatic heterocycles. The zero-order chi connectivity index (χ0) is 29.9. The van der Waals surface area contributed by atoms with Crippen LogP contribution in [0.3, 0.4) is 0 Å². The highest BCUT2D eigenvalue weighted by Crippen LogP contribution is 2.46. The molecule has 44 heavy (non-hydrogen) atoms. The van der Waals surface area contributed by atoms with Gasteiger partial charge in [0.25, 0.3) is 0 Å². The smallest absolute Gasteiger partial charge is 0.131 e. The molecule has 210 valence electrons. The summed E-state index contributed by atoms with van der Waals surface area (Å²) < 4.78 is 0. The van der Waals surface area contributed by atoms with Crippen LogP contribution in [-0.4, -0.2) is 10.2 Å². The second-order valence-electron chi connectivity index (χ2n) is 10.8. The molecule has 0 atom stereocenters. The van der Waals surface area contributed by atoms with Crippen molar-refractivity contribution in [3.8, 4) is 78.3 Å². The van der Waals surface area contributed by atoms with Gasteiger partial charge in [0, 0.05) is 22.3 Å². The van der Waals surface area contributed by atoms with Crippen LogP contribution >= 0.6 is 0 Å². The van der Waals surface area contributed by atoms with Gasteiger partial charge in [0.05, 0.1) is 0 Å². The van der Waals surface area contributed by atoms with E-state index >= 15 is 0 Å². The molecule has 0 unspecified atom stereocenters. The van der Waals surface area contributed by atoms with E-state index < -0.39 is 0 Å². The van der Waals surface area contributed by atoms with Crippen LogP contribution in [0.1, 0.15) is 0 Å². The van der Waals surface area contributed by atoms with Gasteiger partial charge in [0.15, 0.2) is 0 Å². The van der Waals surface area contributed by atoms with Gasteiger partial charge in [-0.25, -0.2) is 0 Å². The first-order valence-corrected chi connectivity index (χ1v) is 14.7. The standard InChI is InChI=1S/C42H30O2/c43-41-37(29-15-5-1-6-16-29)25-33(26-38(41)30-17-7-2-8-18-30)35-23-13-14-24-36(35)34-27-39(31-19-9-3-10-20-31)42(44)40(28-34)32-21-11-4-12-22-32/h1-28,43-44H. The molecule has 0 aliphatic heterocycles. The number of phenols is 2. The summed E-state index contributed by atoms with van der Waals surface area (Å²) in [5, 5.41) is 23.2. The van der Waals surface area contributed by atoms with Crippen LogP contribution in [0.5, 0.6) is 11.5 Å². The van der Waals surface area contributed by atoms with E-state index in [2.05, 4.69) is 36.4 Å². The Morgan fingerprint density at radius 2 is 0.455 bits per heavy atom. The van der Waals surface area contributed by atoms with E-state index in [4.69, 9.17) is 0 Å². The summed E-state index contributed by atoms with van der Waals surface area (Å²) in [6, 6.07) is 56.7. The lowest BCUT2D eigenvalue weighted by Gasteiger charge is -2.18. The van der Waals surface area contributed by atoms with Crippen LogP contribution in [0, 0.1) is 0 Å². The molecule has 0 saturated carbocycles. The molecule has 7 rings (SSSR count). The fourth-order valence-electron chi connectivity index (χ4n) is 5.92. The summed E-state index contributed by atoms with van der Waals surface area (Å²) in [6.45, 7) is 0. The number of hydrogen-bond acceptors (Lipinski definition) is 2. The molecular formula is C42H30O2. The van der Waals surface area contributed by atoms with Crippen molar-refractivity contribution in [2.24, 2.45) is 0 Å². The highest BCUT2D eigenvalue weighted by molar-refractivity contribution is 5.95. The van der Waals surface area contributed by atoms with E-state index in [1.165, 1.54) is 0 Å². The topological polar surface area (TPSA) is 40.5 Å². The molecule has 0 aliphatic carbocycles. The Bertz CT molecular complexity index is 1780. The molecule has 0 spiro atoms. The second kappa shape index (κ2) is 11.8. The third kappa shape index (κ3) is 5.14. The van der Waals surface area contributed by atoms with Crippen molar-refractivity contribution in [3.63, 3.8) is 0 Å². The van der Waals surface area contributed by atoms with Gasteiger partial charge in [0.1, 0.15) is 11.5 Å². The van der Waals surface area contributed by atoms with Crippen molar-refractivity contribution >= 4 is 0 Å². The van der Waals surface area contributed by atoms with E-state index in [0.29, 0.717) is 0 Å². The Morgan fingerprint density at radius 3 is 0.705 bits per heavy atom. The quantitative estimate of drug-likeness (QED) is 0.210. The lowest BCUT2D eigenvalue weighted by Crippen LogP contribution is -1.92. The van der Waals surface area contributed by atoms with E-state index in [0.717, 1.165) is 66.8 Å². The Kier molecular flexibility index (Phi) is 7.24. The lowest BCUT2D eigenvalue weighted by molar-refractivity contribution is 0.479. The van der Waals surface area contributed by atoms with Crippen molar-refractivity contribution in [2.75, 3.05) is 0 Å². The average Bonchev–Trinajstić information content (AvgIpc) is 3.10. The minimum atomic E-state index is 0.256. The van der Waals surface area contributed by atoms with Gasteiger partial charge in [-0.15, -0.1) is 0 Å². The molecule has 2 heteroatoms. The summed E-state index contributed by atoms with van der Waals surface area (Å²) in [7, 11) is 0. The molecule has 7 aromatic rings. The molecule has 0 fully saturated rings. The first-order chi connectivity index (χ1) is 21.7. The monoisotopic (exact) mass is 566 g/mol. The molecule has 0 amide bonds. The van der Waals surface area contributed by atoms with Crippen molar-refractivity contribution < 1.29 is 10.2 Å². The Morgan fingerprint density at radius 1 is 0.227 bits per heavy atom. The van der Waals surface area contributed by atoms with Crippen molar-refractivity contribution in [1.29, 1.82) is 0 Å². The molecule has 2 N–H and O–H groups in total. The second-order valence-corrected chi connectivity index (χ2v) is 10.8. The van der Waals surface area contributed by atoms with Crippen LogP contribution < -0.4 is 0 Å². The first-order valence-electron chi connectivity index (χ1n) is 14.7. The number of hydrogen-bond donors (Lipinski definition) is 2. The molecule has 0 saturated heterocycles. The van der Waals surface area contributed by atoms with Crippen molar-refractivity contribution in [2.45, 2.75) is 0 Å². The minimum Gasteiger partial charge on any atom is -0.507 e. The molecule has 0 aliphatic rings. The molecule has 0 bridgehead atoms. The largest absolute Gasteiger partial charge is 0.507 e. The molecular weight excluding hydrogens is 536 g/mol.